The molecule has 4 heterocycles. The molecule has 1 saturated heterocycles. The zero-order chi connectivity index (χ0) is 27.5. The van der Waals surface area contributed by atoms with E-state index in [1.54, 1.807) is 12.0 Å². The molecule has 5 rings (SSSR count). The molecule has 0 bridgehead atoms. The van der Waals surface area contributed by atoms with E-state index in [4.69, 9.17) is 14.2 Å². The highest BCUT2D eigenvalue weighted by Gasteiger charge is 2.34. The van der Waals surface area contributed by atoms with Gasteiger partial charge < -0.3 is 19.1 Å². The van der Waals surface area contributed by atoms with E-state index in [0.29, 0.717) is 55.8 Å². The monoisotopic (exact) mass is 534 g/mol. The SMILES string of the molecule is CO[C@H]1CCN(Cc2cc3c(nc2C=O)N(C(=O)Nc2cc(O[C@@H]4CC[C@H]4OC)c(C#N)cn2)CCC3)C1=O. The number of nitrogens with one attached hydrogen (secondary N) is 1. The number of rotatable bonds is 8. The van der Waals surface area contributed by atoms with Gasteiger partial charge in [-0.15, -0.1) is 0 Å². The largest absolute Gasteiger partial charge is 0.486 e. The Kier molecular flexibility index (Phi) is 7.72. The van der Waals surface area contributed by atoms with E-state index >= 15 is 0 Å². The number of fused-ring (bicyclic) bond motifs is 1. The lowest BCUT2D eigenvalue weighted by atomic mass is 9.92. The number of aryl methyl sites for hydroxylation is 1. The highest BCUT2D eigenvalue weighted by Crippen LogP contribution is 2.32. The third-order valence-corrected chi connectivity index (χ3v) is 7.48. The predicted molar refractivity (Wildman–Crippen MR) is 139 cm³/mol. The highest BCUT2D eigenvalue weighted by atomic mass is 16.5. The van der Waals surface area contributed by atoms with Crippen molar-refractivity contribution < 1.29 is 28.6 Å². The van der Waals surface area contributed by atoms with Crippen LogP contribution in [0.2, 0.25) is 0 Å². The smallest absolute Gasteiger partial charge is 0.328 e. The van der Waals surface area contributed by atoms with Crippen LogP contribution in [-0.2, 0) is 27.2 Å². The zero-order valence-electron chi connectivity index (χ0n) is 21.9. The van der Waals surface area contributed by atoms with Crippen LogP contribution < -0.4 is 15.0 Å². The second kappa shape index (κ2) is 11.3. The van der Waals surface area contributed by atoms with Gasteiger partial charge in [0.15, 0.2) is 6.29 Å². The summed E-state index contributed by atoms with van der Waals surface area (Å²) >= 11 is 0. The number of aldehydes is 1. The number of carbonyl (C=O) groups excluding carboxylic acids is 3. The number of hydrogen-bond donors (Lipinski definition) is 1. The Morgan fingerprint density at radius 2 is 2.03 bits per heavy atom. The number of aromatic nitrogens is 2. The average Bonchev–Trinajstić information content (AvgIpc) is 3.29. The summed E-state index contributed by atoms with van der Waals surface area (Å²) in [4.78, 5) is 49.6. The van der Waals surface area contributed by atoms with Crippen molar-refractivity contribution in [1.29, 1.82) is 5.26 Å². The Bertz CT molecular complexity index is 1320. The molecule has 1 saturated carbocycles. The summed E-state index contributed by atoms with van der Waals surface area (Å²) in [5.41, 5.74) is 1.90. The number of amides is 3. The number of anilines is 2. The number of urea groups is 1. The summed E-state index contributed by atoms with van der Waals surface area (Å²) in [6.45, 7) is 1.19. The number of ether oxygens (including phenoxy) is 3. The van der Waals surface area contributed by atoms with E-state index in [0.717, 1.165) is 18.4 Å². The molecule has 2 fully saturated rings. The lowest BCUT2D eigenvalue weighted by Gasteiger charge is -2.35. The van der Waals surface area contributed by atoms with Crippen molar-refractivity contribution in [2.45, 2.75) is 57.0 Å². The minimum Gasteiger partial charge on any atom is -0.486 e. The molecule has 2 aromatic rings. The standard InChI is InChI=1S/C27H30N6O6/c1-37-20-5-6-21(20)39-23-11-24(29-13-18(23)12-28)31-27(36)33-8-3-4-16-10-17(19(15-34)30-25(16)33)14-32-9-7-22(38-2)26(32)35/h10-11,13,15,20-22H,3-9,14H2,1-2H3,(H,29,31,36)/t20-,21-,22+/m1/s1. The predicted octanol–water partition coefficient (Wildman–Crippen LogP) is 2.45. The molecular formula is C27H30N6O6. The van der Waals surface area contributed by atoms with Crippen molar-refractivity contribution in [3.8, 4) is 11.8 Å². The van der Waals surface area contributed by atoms with Gasteiger partial charge >= 0.3 is 6.03 Å². The first kappa shape index (κ1) is 26.5. The van der Waals surface area contributed by atoms with E-state index in [2.05, 4.69) is 21.4 Å². The highest BCUT2D eigenvalue weighted by molar-refractivity contribution is 6.01. The molecular weight excluding hydrogens is 504 g/mol. The number of hydrogen-bond acceptors (Lipinski definition) is 9. The van der Waals surface area contributed by atoms with Crippen LogP contribution in [0.25, 0.3) is 0 Å². The Balaban J connectivity index is 1.34. The Morgan fingerprint density at radius 3 is 2.69 bits per heavy atom. The van der Waals surface area contributed by atoms with Gasteiger partial charge in [0, 0.05) is 51.9 Å². The molecule has 0 aromatic carbocycles. The van der Waals surface area contributed by atoms with Gasteiger partial charge in [0.1, 0.15) is 46.9 Å². The fraction of sp³-hybridized carbons (Fsp3) is 0.481. The number of nitriles is 1. The van der Waals surface area contributed by atoms with E-state index in [1.165, 1.54) is 24.3 Å². The third kappa shape index (κ3) is 5.28. The number of likely N-dealkylation sites (tertiary alicyclic amines) is 1. The van der Waals surface area contributed by atoms with Crippen LogP contribution in [0.5, 0.6) is 5.75 Å². The normalized spacial score (nSPS) is 22.1. The lowest BCUT2D eigenvalue weighted by molar-refractivity contribution is -0.136. The first-order valence-corrected chi connectivity index (χ1v) is 12.9. The van der Waals surface area contributed by atoms with E-state index < -0.39 is 12.1 Å². The maximum absolute atomic E-state index is 13.3. The van der Waals surface area contributed by atoms with E-state index in [1.807, 2.05) is 6.07 Å². The Labute approximate surface area is 225 Å². The van der Waals surface area contributed by atoms with Gasteiger partial charge in [0.05, 0.1) is 12.3 Å². The maximum Gasteiger partial charge on any atom is 0.328 e. The van der Waals surface area contributed by atoms with Crippen LogP contribution in [0.1, 0.15) is 52.9 Å². The van der Waals surface area contributed by atoms with Crippen LogP contribution in [0.4, 0.5) is 16.4 Å². The summed E-state index contributed by atoms with van der Waals surface area (Å²) in [5, 5.41) is 12.2. The molecule has 1 aliphatic carbocycles. The van der Waals surface area contributed by atoms with Gasteiger partial charge in [-0.25, -0.2) is 14.8 Å². The van der Waals surface area contributed by atoms with Crippen LogP contribution in [0.3, 0.4) is 0 Å². The van der Waals surface area contributed by atoms with Crippen LogP contribution in [0, 0.1) is 11.3 Å². The van der Waals surface area contributed by atoms with E-state index in [-0.39, 0.29) is 41.7 Å². The van der Waals surface area contributed by atoms with Crippen molar-refractivity contribution in [2.24, 2.45) is 0 Å². The van der Waals surface area contributed by atoms with Gasteiger partial charge in [-0.2, -0.15) is 5.26 Å². The minimum absolute atomic E-state index is 0.0411. The molecule has 12 heteroatoms. The zero-order valence-corrected chi connectivity index (χ0v) is 21.9. The molecule has 0 spiro atoms. The molecule has 12 nitrogen and oxygen atoms in total. The van der Waals surface area contributed by atoms with Crippen molar-refractivity contribution in [3.63, 3.8) is 0 Å². The number of carbonyl (C=O) groups is 3. The van der Waals surface area contributed by atoms with Gasteiger partial charge in [-0.3, -0.25) is 19.8 Å². The average molecular weight is 535 g/mol. The molecule has 3 atom stereocenters. The minimum atomic E-state index is -0.466. The van der Waals surface area contributed by atoms with Gasteiger partial charge in [-0.05, 0) is 37.3 Å². The van der Waals surface area contributed by atoms with Crippen LogP contribution in [0.15, 0.2) is 18.3 Å². The first-order chi connectivity index (χ1) is 18.9. The van der Waals surface area contributed by atoms with Crippen molar-refractivity contribution >= 4 is 29.9 Å². The van der Waals surface area contributed by atoms with Crippen molar-refractivity contribution in [3.05, 3.63) is 40.7 Å². The van der Waals surface area contributed by atoms with E-state index in [9.17, 15) is 19.6 Å². The summed E-state index contributed by atoms with van der Waals surface area (Å²) in [6.07, 6.45) is 5.00. The topological polar surface area (TPSA) is 147 Å². The Morgan fingerprint density at radius 1 is 1.21 bits per heavy atom. The maximum atomic E-state index is 13.3. The molecule has 2 aromatic heterocycles. The fourth-order valence-corrected chi connectivity index (χ4v) is 5.15. The number of nitrogens with zero attached hydrogens (tertiary/aromatic N) is 5. The molecule has 1 N–H and O–H groups in total. The van der Waals surface area contributed by atoms with Crippen molar-refractivity contribution in [1.82, 2.24) is 14.9 Å². The summed E-state index contributed by atoms with van der Waals surface area (Å²) < 4.78 is 16.6. The number of methoxy groups -OCH3 is 2. The van der Waals surface area contributed by atoms with Crippen LogP contribution >= 0.6 is 0 Å². The molecule has 2 aliphatic heterocycles. The summed E-state index contributed by atoms with van der Waals surface area (Å²) in [5.74, 6) is 0.838. The summed E-state index contributed by atoms with van der Waals surface area (Å²) in [6, 6.07) is 4.98. The van der Waals surface area contributed by atoms with Gasteiger partial charge in [0.2, 0.25) is 0 Å². The number of pyridine rings is 2. The molecule has 3 aliphatic rings. The molecule has 3 amide bonds. The summed E-state index contributed by atoms with van der Waals surface area (Å²) in [7, 11) is 3.13. The fourth-order valence-electron chi connectivity index (χ4n) is 5.15. The third-order valence-electron chi connectivity index (χ3n) is 7.48. The second-order valence-electron chi connectivity index (χ2n) is 9.78. The molecule has 0 unspecified atom stereocenters. The second-order valence-corrected chi connectivity index (χ2v) is 9.78. The quantitative estimate of drug-likeness (QED) is 0.504. The first-order valence-electron chi connectivity index (χ1n) is 12.9. The van der Waals surface area contributed by atoms with Gasteiger partial charge in [-0.1, -0.05) is 0 Å². The molecule has 39 heavy (non-hydrogen) atoms. The molecule has 204 valence electrons. The molecule has 0 radical (unpaired) electrons. The van der Waals surface area contributed by atoms with Gasteiger partial charge in [0.25, 0.3) is 5.91 Å². The van der Waals surface area contributed by atoms with Crippen LogP contribution in [-0.4, -0.2) is 78.7 Å². The Hall–Kier alpha value is -4.08. The lowest BCUT2D eigenvalue weighted by Crippen LogP contribution is -2.42. The van der Waals surface area contributed by atoms with Crippen molar-refractivity contribution in [2.75, 3.05) is 37.5 Å².